The van der Waals surface area contributed by atoms with E-state index < -0.39 is 24.1 Å². The van der Waals surface area contributed by atoms with E-state index in [9.17, 15) is 19.5 Å². The molecule has 0 spiro atoms. The Balaban J connectivity index is 1.89. The number of primary amides is 1. The number of rotatable bonds is 5. The number of amides is 4. The zero-order valence-electron chi connectivity index (χ0n) is 10.9. The van der Waals surface area contributed by atoms with E-state index in [4.69, 9.17) is 5.73 Å². The fraction of sp³-hybridized carbons (Fsp3) is 0.727. The van der Waals surface area contributed by atoms with Gasteiger partial charge in [0.05, 0.1) is 5.37 Å². The number of nitrogens with two attached hydrogens (primary N) is 1. The van der Waals surface area contributed by atoms with Crippen molar-refractivity contribution < 1.29 is 19.5 Å². The molecule has 0 aromatic heterocycles. The average Bonchev–Trinajstić information content (AvgIpc) is 3.12. The average molecular weight is 302 g/mol. The number of aliphatic carboxylic acids is 1. The molecule has 0 aromatic carbocycles. The first-order valence-corrected chi connectivity index (χ1v) is 7.49. The predicted octanol–water partition coefficient (Wildman–Crippen LogP) is -0.398. The summed E-state index contributed by atoms with van der Waals surface area (Å²) in [6.45, 7) is 0.431. The molecule has 20 heavy (non-hydrogen) atoms. The van der Waals surface area contributed by atoms with Crippen LogP contribution in [0.1, 0.15) is 12.8 Å². The van der Waals surface area contributed by atoms with Crippen LogP contribution in [0, 0.1) is 5.92 Å². The highest BCUT2D eigenvalue weighted by atomic mass is 32.2. The first-order valence-electron chi connectivity index (χ1n) is 6.44. The van der Waals surface area contributed by atoms with Crippen molar-refractivity contribution in [3.63, 3.8) is 0 Å². The van der Waals surface area contributed by atoms with Gasteiger partial charge >= 0.3 is 18.0 Å². The minimum absolute atomic E-state index is 0.0554. The summed E-state index contributed by atoms with van der Waals surface area (Å²) in [5.74, 6) is -0.159. The molecule has 2 fully saturated rings. The Morgan fingerprint density at radius 2 is 1.90 bits per heavy atom. The lowest BCUT2D eigenvalue weighted by atomic mass is 10.2. The molecule has 1 heterocycles. The molecule has 2 rings (SSSR count). The second kappa shape index (κ2) is 6.21. The third-order valence-corrected chi connectivity index (χ3v) is 4.74. The molecular weight excluding hydrogens is 284 g/mol. The van der Waals surface area contributed by atoms with Crippen LogP contribution in [0.2, 0.25) is 0 Å². The number of thioether (sulfide) groups is 1. The van der Waals surface area contributed by atoms with Crippen molar-refractivity contribution in [3.8, 4) is 0 Å². The van der Waals surface area contributed by atoms with Gasteiger partial charge in [-0.25, -0.2) is 14.4 Å². The summed E-state index contributed by atoms with van der Waals surface area (Å²) in [6, 6.07) is -1.84. The van der Waals surface area contributed by atoms with Crippen LogP contribution in [-0.2, 0) is 4.79 Å². The monoisotopic (exact) mass is 302 g/mol. The van der Waals surface area contributed by atoms with E-state index in [1.807, 2.05) is 0 Å². The summed E-state index contributed by atoms with van der Waals surface area (Å²) < 4.78 is 0. The van der Waals surface area contributed by atoms with Crippen molar-refractivity contribution in [2.75, 3.05) is 18.8 Å². The number of carboxylic acid groups (broad SMARTS) is 1. The van der Waals surface area contributed by atoms with Gasteiger partial charge in [-0.2, -0.15) is 0 Å². The van der Waals surface area contributed by atoms with Crippen LogP contribution < -0.4 is 16.4 Å². The van der Waals surface area contributed by atoms with Crippen molar-refractivity contribution in [2.24, 2.45) is 11.7 Å². The van der Waals surface area contributed by atoms with Crippen molar-refractivity contribution >= 4 is 29.8 Å². The summed E-state index contributed by atoms with van der Waals surface area (Å²) in [4.78, 5) is 35.3. The number of hydrogen-bond acceptors (Lipinski definition) is 4. The third kappa shape index (κ3) is 3.47. The summed E-state index contributed by atoms with van der Waals surface area (Å²) >= 11 is 1.52. The normalized spacial score (nSPS) is 25.3. The van der Waals surface area contributed by atoms with Crippen LogP contribution >= 0.6 is 11.8 Å². The number of carbonyl (C=O) groups excluding carboxylic acids is 2. The van der Waals surface area contributed by atoms with Crippen molar-refractivity contribution in [1.29, 1.82) is 0 Å². The van der Waals surface area contributed by atoms with Gasteiger partial charge in [-0.15, -0.1) is 11.8 Å². The maximum Gasteiger partial charge on any atom is 0.327 e. The molecule has 1 aliphatic heterocycles. The third-order valence-electron chi connectivity index (χ3n) is 3.28. The van der Waals surface area contributed by atoms with Crippen LogP contribution in [0.25, 0.3) is 0 Å². The molecule has 4 amide bonds. The minimum Gasteiger partial charge on any atom is -0.480 e. The van der Waals surface area contributed by atoms with Crippen molar-refractivity contribution in [2.45, 2.75) is 24.3 Å². The van der Waals surface area contributed by atoms with Crippen LogP contribution in [0.5, 0.6) is 0 Å². The molecule has 9 heteroatoms. The van der Waals surface area contributed by atoms with Gasteiger partial charge in [0.25, 0.3) is 0 Å². The summed E-state index contributed by atoms with van der Waals surface area (Å²) in [5.41, 5.74) is 4.91. The number of carbonyl (C=O) groups is 3. The summed E-state index contributed by atoms with van der Waals surface area (Å²) in [5, 5.41) is 14.1. The Morgan fingerprint density at radius 3 is 2.45 bits per heavy atom. The number of nitrogens with zero attached hydrogens (tertiary/aromatic N) is 1. The molecular formula is C11H18N4O4S. The van der Waals surface area contributed by atoms with Gasteiger partial charge in [-0.05, 0) is 18.8 Å². The molecule has 0 aromatic rings. The molecule has 5 N–H and O–H groups in total. The van der Waals surface area contributed by atoms with Gasteiger partial charge in [0.2, 0.25) is 0 Å². The first kappa shape index (κ1) is 14.8. The van der Waals surface area contributed by atoms with Gasteiger partial charge in [0.15, 0.2) is 0 Å². The molecule has 1 saturated heterocycles. The van der Waals surface area contributed by atoms with Crippen LogP contribution in [0.4, 0.5) is 9.59 Å². The van der Waals surface area contributed by atoms with E-state index in [1.54, 1.807) is 0 Å². The largest absolute Gasteiger partial charge is 0.480 e. The molecule has 2 aliphatic rings. The lowest BCUT2D eigenvalue weighted by Crippen LogP contribution is -2.51. The summed E-state index contributed by atoms with van der Waals surface area (Å²) in [6.07, 6.45) is 2.08. The molecule has 0 radical (unpaired) electrons. The van der Waals surface area contributed by atoms with E-state index in [0.29, 0.717) is 11.7 Å². The Labute approximate surface area is 120 Å². The second-order valence-electron chi connectivity index (χ2n) is 4.85. The fourth-order valence-electron chi connectivity index (χ4n) is 2.17. The zero-order chi connectivity index (χ0) is 14.7. The molecule has 112 valence electrons. The van der Waals surface area contributed by atoms with Crippen LogP contribution in [0.3, 0.4) is 0 Å². The minimum atomic E-state index is -0.980. The standard InChI is InChI=1S/C11H18N4O4S/c12-10(18)13-3-4-14-11(19)15-7(9(16)17)5-20-8(15)6-1-2-6/h6-8H,1-5H2,(H,14,19)(H,16,17)(H3,12,13,18). The van der Waals surface area contributed by atoms with E-state index >= 15 is 0 Å². The van der Waals surface area contributed by atoms with Crippen molar-refractivity contribution in [3.05, 3.63) is 0 Å². The predicted molar refractivity (Wildman–Crippen MR) is 73.2 cm³/mol. The molecule has 1 aliphatic carbocycles. The van der Waals surface area contributed by atoms with Crippen LogP contribution in [-0.4, -0.2) is 58.3 Å². The number of hydrogen-bond donors (Lipinski definition) is 4. The Bertz CT molecular complexity index is 415. The smallest absolute Gasteiger partial charge is 0.327 e. The quantitative estimate of drug-likeness (QED) is 0.514. The van der Waals surface area contributed by atoms with Gasteiger partial charge in [-0.3, -0.25) is 4.90 Å². The van der Waals surface area contributed by atoms with Gasteiger partial charge < -0.3 is 21.5 Å². The second-order valence-corrected chi connectivity index (χ2v) is 6.00. The Kier molecular flexibility index (Phi) is 4.58. The number of nitrogens with one attached hydrogen (secondary N) is 2. The summed E-state index contributed by atoms with van der Waals surface area (Å²) in [7, 11) is 0. The molecule has 2 atom stereocenters. The molecule has 2 unspecified atom stereocenters. The lowest BCUT2D eigenvalue weighted by molar-refractivity contribution is -0.141. The maximum atomic E-state index is 12.1. The maximum absolute atomic E-state index is 12.1. The molecule has 0 bridgehead atoms. The van der Waals surface area contributed by atoms with E-state index in [2.05, 4.69) is 10.6 Å². The number of urea groups is 2. The fourth-order valence-corrected chi connectivity index (χ4v) is 3.80. The van der Waals surface area contributed by atoms with E-state index in [1.165, 1.54) is 16.7 Å². The lowest BCUT2D eigenvalue weighted by Gasteiger charge is -2.27. The highest BCUT2D eigenvalue weighted by Gasteiger charge is 2.47. The molecule has 8 nitrogen and oxygen atoms in total. The SMILES string of the molecule is NC(=O)NCCNC(=O)N1C(C(=O)O)CSC1C1CC1. The van der Waals surface area contributed by atoms with Gasteiger partial charge in [-0.1, -0.05) is 0 Å². The van der Waals surface area contributed by atoms with E-state index in [-0.39, 0.29) is 18.5 Å². The first-order chi connectivity index (χ1) is 9.50. The Hall–Kier alpha value is -1.64. The van der Waals surface area contributed by atoms with Gasteiger partial charge in [0.1, 0.15) is 6.04 Å². The Morgan fingerprint density at radius 1 is 1.25 bits per heavy atom. The number of carboxylic acids is 1. The van der Waals surface area contributed by atoms with Crippen LogP contribution in [0.15, 0.2) is 0 Å². The van der Waals surface area contributed by atoms with Gasteiger partial charge in [0, 0.05) is 18.8 Å². The highest BCUT2D eigenvalue weighted by Crippen LogP contribution is 2.45. The molecule has 1 saturated carbocycles. The topological polar surface area (TPSA) is 125 Å². The van der Waals surface area contributed by atoms with Crippen molar-refractivity contribution in [1.82, 2.24) is 15.5 Å². The zero-order valence-corrected chi connectivity index (χ0v) is 11.7. The highest BCUT2D eigenvalue weighted by molar-refractivity contribution is 8.00. The van der Waals surface area contributed by atoms with E-state index in [0.717, 1.165) is 12.8 Å².